The highest BCUT2D eigenvalue weighted by Crippen LogP contribution is 2.30. The summed E-state index contributed by atoms with van der Waals surface area (Å²) in [6.45, 7) is 1.71. The summed E-state index contributed by atoms with van der Waals surface area (Å²) in [7, 11) is 4.77. The topological polar surface area (TPSA) is 88.9 Å². The largest absolute Gasteiger partial charge is 0.495 e. The molecule has 3 aromatic carbocycles. The van der Waals surface area contributed by atoms with E-state index in [0.717, 1.165) is 5.56 Å². The molecule has 172 valence electrons. The number of hydrogen-bond donors (Lipinski definition) is 1. The minimum Gasteiger partial charge on any atom is -0.495 e. The molecule has 0 bridgehead atoms. The van der Waals surface area contributed by atoms with Crippen LogP contribution in [0.2, 0.25) is 0 Å². The second-order valence-electron chi connectivity index (χ2n) is 8.00. The number of hydrogen-bond acceptors (Lipinski definition) is 5. The van der Waals surface area contributed by atoms with Gasteiger partial charge in [0.1, 0.15) is 11.5 Å². The lowest BCUT2D eigenvalue weighted by molar-refractivity contribution is 0.0827. The van der Waals surface area contributed by atoms with Crippen molar-refractivity contribution >= 4 is 28.5 Å². The quantitative estimate of drug-likeness (QED) is 0.469. The first-order valence-corrected chi connectivity index (χ1v) is 10.6. The summed E-state index contributed by atoms with van der Waals surface area (Å²) < 4.78 is 11.5. The van der Waals surface area contributed by atoms with Gasteiger partial charge in [-0.1, -0.05) is 36.4 Å². The van der Waals surface area contributed by atoms with E-state index in [9.17, 15) is 14.4 Å². The van der Waals surface area contributed by atoms with Crippen molar-refractivity contribution in [1.82, 2.24) is 4.90 Å². The monoisotopic (exact) mass is 456 g/mol. The molecule has 7 heteroatoms. The van der Waals surface area contributed by atoms with Crippen molar-refractivity contribution < 1.29 is 18.7 Å². The fraction of sp³-hybridized carbons (Fsp3) is 0.148. The maximum Gasteiger partial charge on any atom is 0.259 e. The van der Waals surface area contributed by atoms with Crippen LogP contribution in [0.15, 0.2) is 75.9 Å². The molecule has 4 rings (SSSR count). The van der Waals surface area contributed by atoms with Gasteiger partial charge in [0.15, 0.2) is 11.0 Å². The second kappa shape index (κ2) is 9.23. The SMILES string of the molecule is COc1ccc(C(=O)N(C)C)cc1NC(=O)c1cccc2c(=O)c(C)c(-c3ccccc3)oc12. The van der Waals surface area contributed by atoms with Gasteiger partial charge in [0.05, 0.1) is 23.7 Å². The molecular formula is C27H24N2O5. The van der Waals surface area contributed by atoms with Gasteiger partial charge in [0, 0.05) is 30.8 Å². The number of carbonyl (C=O) groups excluding carboxylic acids is 2. The third-order valence-electron chi connectivity index (χ3n) is 5.53. The van der Waals surface area contributed by atoms with E-state index in [1.54, 1.807) is 57.4 Å². The maximum absolute atomic E-state index is 13.3. The minimum atomic E-state index is -0.496. The van der Waals surface area contributed by atoms with Crippen LogP contribution in [0.1, 0.15) is 26.3 Å². The molecular weight excluding hydrogens is 432 g/mol. The smallest absolute Gasteiger partial charge is 0.259 e. The third kappa shape index (κ3) is 4.15. The molecule has 2 amide bonds. The van der Waals surface area contributed by atoms with Crippen molar-refractivity contribution in [3.63, 3.8) is 0 Å². The standard InChI is InChI=1S/C27H24N2O5/c1-16-23(30)19-11-8-12-20(25(19)34-24(16)17-9-6-5-7-10-17)26(31)28-21-15-18(27(32)29(2)3)13-14-22(21)33-4/h5-15H,1-4H3,(H,28,31). The van der Waals surface area contributed by atoms with Crippen molar-refractivity contribution in [2.75, 3.05) is 26.5 Å². The van der Waals surface area contributed by atoms with Gasteiger partial charge in [0.25, 0.3) is 11.8 Å². The Kier molecular flexibility index (Phi) is 6.19. The van der Waals surface area contributed by atoms with Gasteiger partial charge in [-0.05, 0) is 37.3 Å². The molecule has 0 radical (unpaired) electrons. The van der Waals surface area contributed by atoms with E-state index in [1.807, 2.05) is 30.3 Å². The van der Waals surface area contributed by atoms with E-state index in [-0.39, 0.29) is 22.5 Å². The van der Waals surface area contributed by atoms with Gasteiger partial charge >= 0.3 is 0 Å². The lowest BCUT2D eigenvalue weighted by atomic mass is 10.0. The van der Waals surface area contributed by atoms with E-state index in [4.69, 9.17) is 9.15 Å². The number of para-hydroxylation sites is 1. The molecule has 0 unspecified atom stereocenters. The number of methoxy groups -OCH3 is 1. The number of anilines is 1. The van der Waals surface area contributed by atoms with Gasteiger partial charge in [-0.2, -0.15) is 0 Å². The molecule has 34 heavy (non-hydrogen) atoms. The Labute approximate surface area is 196 Å². The van der Waals surface area contributed by atoms with Crippen LogP contribution in [0, 0.1) is 6.92 Å². The Bertz CT molecular complexity index is 1460. The normalized spacial score (nSPS) is 10.7. The van der Waals surface area contributed by atoms with E-state index >= 15 is 0 Å². The third-order valence-corrected chi connectivity index (χ3v) is 5.53. The lowest BCUT2D eigenvalue weighted by Crippen LogP contribution is -2.22. The number of nitrogens with zero attached hydrogens (tertiary/aromatic N) is 1. The maximum atomic E-state index is 13.3. The summed E-state index contributed by atoms with van der Waals surface area (Å²) in [5, 5.41) is 3.11. The summed E-state index contributed by atoms with van der Waals surface area (Å²) in [5.41, 5.74) is 2.11. The lowest BCUT2D eigenvalue weighted by Gasteiger charge is -2.15. The first kappa shape index (κ1) is 22.8. The molecule has 0 atom stereocenters. The predicted octanol–water partition coefficient (Wildman–Crippen LogP) is 4.73. The number of fused-ring (bicyclic) bond motifs is 1. The van der Waals surface area contributed by atoms with Gasteiger partial charge in [0.2, 0.25) is 0 Å². The minimum absolute atomic E-state index is 0.189. The molecule has 0 spiro atoms. The van der Waals surface area contributed by atoms with E-state index in [1.165, 1.54) is 12.0 Å². The van der Waals surface area contributed by atoms with Crippen LogP contribution in [0.3, 0.4) is 0 Å². The Morgan fingerprint density at radius 2 is 1.71 bits per heavy atom. The molecule has 0 saturated carbocycles. The summed E-state index contributed by atoms with van der Waals surface area (Å²) in [6.07, 6.45) is 0. The van der Waals surface area contributed by atoms with Gasteiger partial charge in [-0.15, -0.1) is 0 Å². The van der Waals surface area contributed by atoms with Crippen molar-refractivity contribution in [2.45, 2.75) is 6.92 Å². The van der Waals surface area contributed by atoms with Crippen molar-refractivity contribution in [3.05, 3.63) is 93.6 Å². The number of nitrogens with one attached hydrogen (secondary N) is 1. The molecule has 1 aromatic heterocycles. The summed E-state index contributed by atoms with van der Waals surface area (Å²) in [6, 6.07) is 18.9. The highest BCUT2D eigenvalue weighted by molar-refractivity contribution is 6.12. The zero-order valence-corrected chi connectivity index (χ0v) is 19.3. The zero-order chi connectivity index (χ0) is 24.4. The first-order chi connectivity index (χ1) is 16.3. The van der Waals surface area contributed by atoms with Gasteiger partial charge in [-0.3, -0.25) is 14.4 Å². The van der Waals surface area contributed by atoms with E-state index in [0.29, 0.717) is 33.7 Å². The van der Waals surface area contributed by atoms with Crippen LogP contribution >= 0.6 is 0 Å². The molecule has 0 aliphatic heterocycles. The van der Waals surface area contributed by atoms with Crippen molar-refractivity contribution in [2.24, 2.45) is 0 Å². The summed E-state index contributed by atoms with van der Waals surface area (Å²) >= 11 is 0. The van der Waals surface area contributed by atoms with E-state index < -0.39 is 5.91 Å². The van der Waals surface area contributed by atoms with Crippen LogP contribution in [0.5, 0.6) is 5.75 Å². The summed E-state index contributed by atoms with van der Waals surface area (Å²) in [5.74, 6) is 0.0994. The molecule has 7 nitrogen and oxygen atoms in total. The van der Waals surface area contributed by atoms with Crippen molar-refractivity contribution in [3.8, 4) is 17.1 Å². The fourth-order valence-electron chi connectivity index (χ4n) is 3.74. The average molecular weight is 456 g/mol. The zero-order valence-electron chi connectivity index (χ0n) is 19.3. The highest BCUT2D eigenvalue weighted by Gasteiger charge is 2.20. The molecule has 0 aliphatic carbocycles. The van der Waals surface area contributed by atoms with Crippen LogP contribution in [-0.2, 0) is 0 Å². The molecule has 4 aromatic rings. The molecule has 0 saturated heterocycles. The number of benzene rings is 3. The first-order valence-electron chi connectivity index (χ1n) is 10.6. The van der Waals surface area contributed by atoms with Crippen LogP contribution in [0.4, 0.5) is 5.69 Å². The molecule has 0 fully saturated rings. The number of amides is 2. The van der Waals surface area contributed by atoms with Crippen LogP contribution in [0.25, 0.3) is 22.3 Å². The van der Waals surface area contributed by atoms with Crippen molar-refractivity contribution in [1.29, 1.82) is 0 Å². The number of rotatable bonds is 5. The molecule has 1 N–H and O–H groups in total. The highest BCUT2D eigenvalue weighted by atomic mass is 16.5. The van der Waals surface area contributed by atoms with Gasteiger partial charge < -0.3 is 19.4 Å². The van der Waals surface area contributed by atoms with Crippen LogP contribution in [-0.4, -0.2) is 37.9 Å². The molecule has 0 aliphatic rings. The molecule has 1 heterocycles. The second-order valence-corrected chi connectivity index (χ2v) is 8.00. The van der Waals surface area contributed by atoms with Gasteiger partial charge in [-0.25, -0.2) is 0 Å². The Balaban J connectivity index is 1.81. The number of ether oxygens (including phenoxy) is 1. The number of carbonyl (C=O) groups is 2. The van der Waals surface area contributed by atoms with E-state index in [2.05, 4.69) is 5.32 Å². The Morgan fingerprint density at radius 1 is 0.971 bits per heavy atom. The average Bonchev–Trinajstić information content (AvgIpc) is 2.85. The fourth-order valence-corrected chi connectivity index (χ4v) is 3.74. The Morgan fingerprint density at radius 3 is 2.38 bits per heavy atom. The summed E-state index contributed by atoms with van der Waals surface area (Å²) in [4.78, 5) is 40.3. The predicted molar refractivity (Wildman–Crippen MR) is 132 cm³/mol. The van der Waals surface area contributed by atoms with Crippen LogP contribution < -0.4 is 15.5 Å². The Hall–Kier alpha value is -4.39.